The van der Waals surface area contributed by atoms with Gasteiger partial charge in [-0.15, -0.1) is 0 Å². The molecule has 2 unspecified atom stereocenters. The van der Waals surface area contributed by atoms with Crippen LogP contribution in [0.15, 0.2) is 24.3 Å². The van der Waals surface area contributed by atoms with Crippen LogP contribution < -0.4 is 15.5 Å². The van der Waals surface area contributed by atoms with Crippen LogP contribution in [0.5, 0.6) is 0 Å². The minimum Gasteiger partial charge on any atom is -0.379 e. The number of ether oxygens (including phenoxy) is 1. The molecule has 2 N–H and O–H groups in total. The van der Waals surface area contributed by atoms with Gasteiger partial charge in [-0.25, -0.2) is 0 Å². The summed E-state index contributed by atoms with van der Waals surface area (Å²) in [6.45, 7) is 5.42. The molecule has 0 aliphatic carbocycles. The number of nitrogens with one attached hydrogen (secondary N) is 2. The smallest absolute Gasteiger partial charge is 0.230 e. The lowest BCUT2D eigenvalue weighted by Gasteiger charge is -2.41. The fourth-order valence-corrected chi connectivity index (χ4v) is 4.51. The van der Waals surface area contributed by atoms with Crippen LogP contribution >= 0.6 is 12.2 Å². The van der Waals surface area contributed by atoms with E-state index in [1.165, 1.54) is 5.56 Å². The summed E-state index contributed by atoms with van der Waals surface area (Å²) in [7, 11) is 0. The predicted octanol–water partition coefficient (Wildman–Crippen LogP) is 1.25. The van der Waals surface area contributed by atoms with Crippen molar-refractivity contribution in [1.82, 2.24) is 15.5 Å². The van der Waals surface area contributed by atoms with E-state index in [0.717, 1.165) is 49.8 Å². The Kier molecular flexibility index (Phi) is 5.22. The summed E-state index contributed by atoms with van der Waals surface area (Å²) in [6, 6.07) is 8.39. The highest BCUT2D eigenvalue weighted by molar-refractivity contribution is 7.80. The van der Waals surface area contributed by atoms with E-state index in [-0.39, 0.29) is 24.3 Å². The third-order valence-electron chi connectivity index (χ3n) is 5.45. The van der Waals surface area contributed by atoms with E-state index in [0.29, 0.717) is 6.42 Å². The van der Waals surface area contributed by atoms with Crippen molar-refractivity contribution in [2.24, 2.45) is 0 Å². The molecule has 3 aliphatic heterocycles. The first kappa shape index (κ1) is 17.9. The molecular formula is C19H26N4O2S. The van der Waals surface area contributed by atoms with Gasteiger partial charge in [0.15, 0.2) is 0 Å². The van der Waals surface area contributed by atoms with E-state index < -0.39 is 0 Å². The standard InChI is InChI=1S/C19H26N4O2S/c1-13-10-14-4-2-3-5-15(14)23(13)19(24)11-16-20-17(12-18(26)21-16)22-6-8-25-9-7-22/h2-5,13,16-17,20H,6-12H2,1H3,(H,21,26)/t13-,16?,17?/m1/s1. The maximum atomic E-state index is 13.0. The zero-order chi connectivity index (χ0) is 18.1. The number of para-hydroxylation sites is 1. The normalized spacial score (nSPS) is 29.3. The van der Waals surface area contributed by atoms with Gasteiger partial charge in [0.1, 0.15) is 0 Å². The van der Waals surface area contributed by atoms with Gasteiger partial charge in [-0.3, -0.25) is 15.0 Å². The van der Waals surface area contributed by atoms with Crippen molar-refractivity contribution in [1.29, 1.82) is 0 Å². The summed E-state index contributed by atoms with van der Waals surface area (Å²) in [4.78, 5) is 18.2. The van der Waals surface area contributed by atoms with Crippen LogP contribution in [0, 0.1) is 0 Å². The van der Waals surface area contributed by atoms with Gasteiger partial charge >= 0.3 is 0 Å². The maximum absolute atomic E-state index is 13.0. The lowest BCUT2D eigenvalue weighted by atomic mass is 10.1. The van der Waals surface area contributed by atoms with Gasteiger partial charge in [0.25, 0.3) is 0 Å². The SMILES string of the molecule is C[C@@H]1Cc2ccccc2N1C(=O)CC1NC(=S)CC(N2CCOCC2)N1. The number of anilines is 1. The van der Waals surface area contributed by atoms with E-state index in [4.69, 9.17) is 17.0 Å². The molecule has 1 amide bonds. The summed E-state index contributed by atoms with van der Waals surface area (Å²) < 4.78 is 5.44. The van der Waals surface area contributed by atoms with Crippen molar-refractivity contribution >= 4 is 28.8 Å². The van der Waals surface area contributed by atoms with Crippen molar-refractivity contribution in [2.45, 2.75) is 44.6 Å². The molecule has 2 fully saturated rings. The summed E-state index contributed by atoms with van der Waals surface area (Å²) >= 11 is 5.47. The van der Waals surface area contributed by atoms with Gasteiger partial charge in [-0.1, -0.05) is 30.4 Å². The molecule has 0 saturated carbocycles. The van der Waals surface area contributed by atoms with Crippen molar-refractivity contribution in [2.75, 3.05) is 31.2 Å². The van der Waals surface area contributed by atoms with Crippen molar-refractivity contribution in [3.05, 3.63) is 29.8 Å². The quantitative estimate of drug-likeness (QED) is 0.777. The second-order valence-electron chi connectivity index (χ2n) is 7.30. The first-order chi connectivity index (χ1) is 12.6. The molecule has 26 heavy (non-hydrogen) atoms. The number of rotatable bonds is 3. The summed E-state index contributed by atoms with van der Waals surface area (Å²) in [6.07, 6.45) is 2.13. The molecular weight excluding hydrogens is 348 g/mol. The Morgan fingerprint density at radius 2 is 2.04 bits per heavy atom. The number of carbonyl (C=O) groups excluding carboxylic acids is 1. The van der Waals surface area contributed by atoms with E-state index in [1.807, 2.05) is 23.1 Å². The molecule has 2 saturated heterocycles. The van der Waals surface area contributed by atoms with Gasteiger partial charge in [0.2, 0.25) is 5.91 Å². The average molecular weight is 375 g/mol. The molecule has 0 radical (unpaired) electrons. The number of amides is 1. The molecule has 1 aromatic rings. The molecule has 7 heteroatoms. The number of hydrogen-bond acceptors (Lipinski definition) is 5. The van der Waals surface area contributed by atoms with Gasteiger partial charge < -0.3 is 15.0 Å². The second-order valence-corrected chi connectivity index (χ2v) is 7.80. The molecule has 0 spiro atoms. The highest BCUT2D eigenvalue weighted by Gasteiger charge is 2.34. The molecule has 6 nitrogen and oxygen atoms in total. The Labute approximate surface area is 159 Å². The molecule has 140 valence electrons. The summed E-state index contributed by atoms with van der Waals surface area (Å²) in [5, 5.41) is 6.86. The average Bonchev–Trinajstić information content (AvgIpc) is 2.97. The van der Waals surface area contributed by atoms with Gasteiger partial charge in [0.05, 0.1) is 37.0 Å². The van der Waals surface area contributed by atoms with Crippen LogP contribution in [-0.4, -0.2) is 60.5 Å². The Balaban J connectivity index is 1.43. The number of thiocarbonyl (C=S) groups is 1. The lowest BCUT2D eigenvalue weighted by molar-refractivity contribution is -0.119. The van der Waals surface area contributed by atoms with E-state index in [1.54, 1.807) is 0 Å². The largest absolute Gasteiger partial charge is 0.379 e. The van der Waals surface area contributed by atoms with Gasteiger partial charge in [-0.05, 0) is 25.0 Å². The first-order valence-electron chi connectivity index (χ1n) is 9.39. The Morgan fingerprint density at radius 1 is 1.27 bits per heavy atom. The molecule has 1 aromatic carbocycles. The molecule has 3 heterocycles. The van der Waals surface area contributed by atoms with Crippen molar-refractivity contribution in [3.63, 3.8) is 0 Å². The Morgan fingerprint density at radius 3 is 2.85 bits per heavy atom. The second kappa shape index (κ2) is 7.60. The fraction of sp³-hybridized carbons (Fsp3) is 0.579. The summed E-state index contributed by atoms with van der Waals surface area (Å²) in [5.74, 6) is 0.137. The minimum absolute atomic E-state index is 0.128. The number of fused-ring (bicyclic) bond motifs is 1. The van der Waals surface area contributed by atoms with Crippen LogP contribution in [0.25, 0.3) is 0 Å². The van der Waals surface area contributed by atoms with Crippen LogP contribution in [-0.2, 0) is 16.0 Å². The number of hydrogen-bond donors (Lipinski definition) is 2. The third kappa shape index (κ3) is 3.62. The maximum Gasteiger partial charge on any atom is 0.230 e. The molecule has 0 aromatic heterocycles. The van der Waals surface area contributed by atoms with Crippen LogP contribution in [0.2, 0.25) is 0 Å². The molecule has 0 bridgehead atoms. The Bertz CT molecular complexity index is 692. The van der Waals surface area contributed by atoms with Crippen molar-refractivity contribution in [3.8, 4) is 0 Å². The number of nitrogens with zero attached hydrogens (tertiary/aromatic N) is 2. The lowest BCUT2D eigenvalue weighted by Crippen LogP contribution is -2.63. The topological polar surface area (TPSA) is 56.8 Å². The zero-order valence-corrected chi connectivity index (χ0v) is 15.9. The molecule has 3 aliphatic rings. The summed E-state index contributed by atoms with van der Waals surface area (Å²) in [5.41, 5.74) is 2.30. The third-order valence-corrected chi connectivity index (χ3v) is 5.73. The van der Waals surface area contributed by atoms with E-state index in [9.17, 15) is 4.79 Å². The first-order valence-corrected chi connectivity index (χ1v) is 9.80. The monoisotopic (exact) mass is 374 g/mol. The zero-order valence-electron chi connectivity index (χ0n) is 15.1. The number of benzene rings is 1. The predicted molar refractivity (Wildman–Crippen MR) is 105 cm³/mol. The minimum atomic E-state index is -0.128. The number of morpholine rings is 1. The van der Waals surface area contributed by atoms with Crippen LogP contribution in [0.1, 0.15) is 25.3 Å². The van der Waals surface area contributed by atoms with Crippen LogP contribution in [0.3, 0.4) is 0 Å². The van der Waals surface area contributed by atoms with E-state index in [2.05, 4.69) is 28.5 Å². The highest BCUT2D eigenvalue weighted by Crippen LogP contribution is 2.32. The van der Waals surface area contributed by atoms with Crippen molar-refractivity contribution < 1.29 is 9.53 Å². The highest BCUT2D eigenvalue weighted by atomic mass is 32.1. The van der Waals surface area contributed by atoms with E-state index >= 15 is 0 Å². The number of carbonyl (C=O) groups is 1. The molecule has 4 rings (SSSR count). The molecule has 3 atom stereocenters. The van der Waals surface area contributed by atoms with Gasteiger partial charge in [-0.2, -0.15) is 0 Å². The van der Waals surface area contributed by atoms with Crippen LogP contribution in [0.4, 0.5) is 5.69 Å². The fourth-order valence-electron chi connectivity index (χ4n) is 4.21. The Hall–Kier alpha value is -1.54. The van der Waals surface area contributed by atoms with Gasteiger partial charge in [0, 0.05) is 31.2 Å².